The molecule has 1 aromatic heterocycles. The van der Waals surface area contributed by atoms with Crippen LogP contribution in [0.2, 0.25) is 5.02 Å². The summed E-state index contributed by atoms with van der Waals surface area (Å²) in [4.78, 5) is 3.02. The van der Waals surface area contributed by atoms with Crippen molar-refractivity contribution in [3.63, 3.8) is 0 Å². The molecule has 106 valence electrons. The van der Waals surface area contributed by atoms with E-state index in [-0.39, 0.29) is 10.6 Å². The van der Waals surface area contributed by atoms with Crippen molar-refractivity contribution in [3.8, 4) is 11.2 Å². The van der Waals surface area contributed by atoms with Gasteiger partial charge in [0, 0.05) is 17.0 Å². The highest BCUT2D eigenvalue weighted by Crippen LogP contribution is 2.99. The molecule has 0 bridgehead atoms. The third-order valence-corrected chi connectivity index (χ3v) is 4.11. The van der Waals surface area contributed by atoms with Gasteiger partial charge in [-0.05, 0) is 30.2 Å². The number of hydrogen-bond acceptors (Lipinski definition) is 1. The molecule has 0 atom stereocenters. The Morgan fingerprint density at radius 3 is 2.15 bits per heavy atom. The molecule has 1 nitrogen and oxygen atoms in total. The van der Waals surface area contributed by atoms with E-state index in [1.807, 2.05) is 5.92 Å². The molecule has 2 rings (SSSR count). The highest BCUT2D eigenvalue weighted by Gasteiger charge is 2.65. The quantitative estimate of drug-likeness (QED) is 0.498. The van der Waals surface area contributed by atoms with Crippen molar-refractivity contribution in [1.29, 1.82) is 0 Å². The van der Waals surface area contributed by atoms with Gasteiger partial charge in [-0.15, -0.1) is 15.5 Å². The molecule has 0 fully saturated rings. The van der Waals surface area contributed by atoms with Crippen LogP contribution in [0.3, 0.4) is 0 Å². The maximum atomic E-state index is 13.9. The van der Waals surface area contributed by atoms with Crippen LogP contribution in [0, 0.1) is 11.2 Å². The van der Waals surface area contributed by atoms with E-state index in [4.69, 9.17) is 11.6 Å². The molecule has 0 N–H and O–H groups in total. The molecule has 0 amide bonds. The van der Waals surface area contributed by atoms with Crippen LogP contribution in [0.4, 0.5) is 15.5 Å². The normalized spacial score (nSPS) is 14.7. The molecular formula is C13H8ClF4NS. The fourth-order valence-electron chi connectivity index (χ4n) is 1.34. The van der Waals surface area contributed by atoms with E-state index in [0.717, 1.165) is 17.5 Å². The van der Waals surface area contributed by atoms with Gasteiger partial charge >= 0.3 is 0 Å². The summed E-state index contributed by atoms with van der Waals surface area (Å²) in [6, 6.07) is 8.77. The number of aromatic nitrogens is 1. The zero-order valence-electron chi connectivity index (χ0n) is 9.86. The second-order valence-corrected chi connectivity index (χ2v) is 7.17. The Labute approximate surface area is 118 Å². The summed E-state index contributed by atoms with van der Waals surface area (Å²) in [7, 11) is -8.74. The predicted octanol–water partition coefficient (Wildman–Crippen LogP) is 5.52. The summed E-state index contributed by atoms with van der Waals surface area (Å²) in [6.45, 7) is 0. The summed E-state index contributed by atoms with van der Waals surface area (Å²) in [5.41, 5.74) is 0.0667. The van der Waals surface area contributed by atoms with Gasteiger partial charge in [-0.25, -0.2) is 4.98 Å². The topological polar surface area (TPSA) is 12.9 Å². The maximum Gasteiger partial charge on any atom is 0.255 e. The van der Waals surface area contributed by atoms with Crippen LogP contribution in [0.25, 0.3) is 0 Å². The largest absolute Gasteiger partial charge is 0.255 e. The zero-order valence-corrected chi connectivity index (χ0v) is 11.4. The summed E-state index contributed by atoms with van der Waals surface area (Å²) in [5.74, 6) is 1.81. The summed E-state index contributed by atoms with van der Waals surface area (Å²) >= 11 is 5.45. The van der Waals surface area contributed by atoms with Crippen molar-refractivity contribution in [2.45, 2.75) is 5.03 Å². The monoisotopic (exact) mass is 321 g/mol. The summed E-state index contributed by atoms with van der Waals surface area (Å²) in [5, 5.41) is -0.811. The molecule has 2 aromatic rings. The van der Waals surface area contributed by atoms with Crippen LogP contribution >= 0.6 is 21.4 Å². The molecule has 20 heavy (non-hydrogen) atoms. The Hall–Kier alpha value is -1.71. The lowest BCUT2D eigenvalue weighted by Gasteiger charge is -2.43. The summed E-state index contributed by atoms with van der Waals surface area (Å²) in [6.07, 6.45) is 0.736. The number of halogens is 5. The molecule has 0 radical (unpaired) electrons. The Balaban J connectivity index is 2.55. The van der Waals surface area contributed by atoms with Crippen molar-refractivity contribution in [2.24, 2.45) is 0 Å². The fourth-order valence-corrected chi connectivity index (χ4v) is 2.49. The SMILES string of the molecule is FS(F)(F)(F)(C#Cc1ccccc1)c1ccc(Cl)cn1. The van der Waals surface area contributed by atoms with Crippen molar-refractivity contribution < 1.29 is 15.5 Å². The van der Waals surface area contributed by atoms with E-state index < -0.39 is 14.9 Å². The average molecular weight is 322 g/mol. The Bertz CT molecular complexity index is 698. The number of rotatable bonds is 1. The van der Waals surface area contributed by atoms with E-state index >= 15 is 0 Å². The van der Waals surface area contributed by atoms with E-state index in [9.17, 15) is 15.5 Å². The van der Waals surface area contributed by atoms with Crippen molar-refractivity contribution in [1.82, 2.24) is 4.98 Å². The van der Waals surface area contributed by atoms with Crippen LogP contribution in [-0.4, -0.2) is 4.98 Å². The predicted molar refractivity (Wildman–Crippen MR) is 72.9 cm³/mol. The van der Waals surface area contributed by atoms with E-state index in [0.29, 0.717) is 6.07 Å². The minimum atomic E-state index is -8.74. The Kier molecular flexibility index (Phi) is 3.04. The molecule has 0 saturated carbocycles. The minimum absolute atomic E-state index is 0.0156. The molecule has 1 heterocycles. The highest BCUT2D eigenvalue weighted by molar-refractivity contribution is 8.53. The van der Waals surface area contributed by atoms with Gasteiger partial charge in [0.25, 0.3) is 9.84 Å². The second-order valence-electron chi connectivity index (χ2n) is 3.98. The van der Waals surface area contributed by atoms with Crippen LogP contribution in [-0.2, 0) is 0 Å². The third-order valence-electron chi connectivity index (χ3n) is 2.30. The van der Waals surface area contributed by atoms with Gasteiger partial charge in [-0.3, -0.25) is 0 Å². The maximum absolute atomic E-state index is 13.9. The highest BCUT2D eigenvalue weighted by atomic mass is 35.5. The first kappa shape index (κ1) is 14.7. The smallest absolute Gasteiger partial charge is 0.241 e. The molecule has 0 spiro atoms. The lowest BCUT2D eigenvalue weighted by Crippen LogP contribution is -2.12. The van der Waals surface area contributed by atoms with Gasteiger partial charge in [0.1, 0.15) is 0 Å². The first-order valence-corrected chi connectivity index (χ1v) is 7.74. The molecule has 0 unspecified atom stereocenters. The average Bonchev–Trinajstić information content (AvgIpc) is 2.37. The lowest BCUT2D eigenvalue weighted by molar-refractivity contribution is 0.463. The molecule has 7 heteroatoms. The van der Waals surface area contributed by atoms with Gasteiger partial charge in [0.2, 0.25) is 0 Å². The van der Waals surface area contributed by atoms with Crippen molar-refractivity contribution >= 4 is 21.4 Å². The van der Waals surface area contributed by atoms with Crippen LogP contribution in [0.1, 0.15) is 5.56 Å². The third kappa shape index (κ3) is 3.24. The molecule has 1 aromatic carbocycles. The molecule has 0 saturated heterocycles. The minimum Gasteiger partial charge on any atom is -0.241 e. The van der Waals surface area contributed by atoms with E-state index in [1.54, 1.807) is 6.07 Å². The van der Waals surface area contributed by atoms with Gasteiger partial charge < -0.3 is 0 Å². The number of pyridine rings is 1. The van der Waals surface area contributed by atoms with Gasteiger partial charge in [0.05, 0.1) is 5.02 Å². The first-order valence-electron chi connectivity index (χ1n) is 5.31. The zero-order chi connectivity index (χ0) is 14.9. The first-order chi connectivity index (χ1) is 9.09. The van der Waals surface area contributed by atoms with Gasteiger partial charge in [-0.2, -0.15) is 0 Å². The second kappa shape index (κ2) is 4.14. The van der Waals surface area contributed by atoms with Crippen LogP contribution in [0.5, 0.6) is 0 Å². The Morgan fingerprint density at radius 2 is 1.60 bits per heavy atom. The number of nitrogens with zero attached hydrogens (tertiary/aromatic N) is 1. The molecular weight excluding hydrogens is 314 g/mol. The van der Waals surface area contributed by atoms with Crippen LogP contribution < -0.4 is 0 Å². The van der Waals surface area contributed by atoms with Gasteiger partial charge in [0.15, 0.2) is 5.03 Å². The lowest BCUT2D eigenvalue weighted by atomic mass is 10.2. The number of benzene rings is 1. The Morgan fingerprint density at radius 1 is 0.950 bits per heavy atom. The molecule has 0 aliphatic rings. The molecule has 0 aliphatic carbocycles. The fraction of sp³-hybridized carbons (Fsp3) is 0. The standard InChI is InChI=1S/C13H8ClF4NS/c14-12-6-7-13(19-10-12)20(15,16,17,18)9-8-11-4-2-1-3-5-11/h1-7,10H. The van der Waals surface area contributed by atoms with Crippen molar-refractivity contribution in [2.75, 3.05) is 0 Å². The number of hydrogen-bond donors (Lipinski definition) is 0. The van der Waals surface area contributed by atoms with E-state index in [1.165, 1.54) is 24.3 Å². The van der Waals surface area contributed by atoms with Crippen molar-refractivity contribution in [3.05, 3.63) is 59.2 Å². The van der Waals surface area contributed by atoms with Crippen LogP contribution in [0.15, 0.2) is 53.7 Å². The van der Waals surface area contributed by atoms with E-state index in [2.05, 4.69) is 4.98 Å². The van der Waals surface area contributed by atoms with Gasteiger partial charge in [-0.1, -0.05) is 29.8 Å². The summed E-state index contributed by atoms with van der Waals surface area (Å²) < 4.78 is 55.4. The molecule has 0 aliphatic heterocycles.